The Kier molecular flexibility index (Phi) is 8.10. The van der Waals surface area contributed by atoms with Crippen LogP contribution in [0.25, 0.3) is 0 Å². The second-order valence-electron chi connectivity index (χ2n) is 4.90. The van der Waals surface area contributed by atoms with Crippen molar-refractivity contribution in [2.75, 3.05) is 45.4 Å². The first-order chi connectivity index (χ1) is 9.63. The van der Waals surface area contributed by atoms with E-state index < -0.39 is 0 Å². The van der Waals surface area contributed by atoms with Crippen LogP contribution < -0.4 is 10.2 Å². The van der Waals surface area contributed by atoms with Gasteiger partial charge in [-0.15, -0.1) is 0 Å². The molecule has 0 atom stereocenters. The average Bonchev–Trinajstić information content (AvgIpc) is 2.44. The first-order valence-electron chi connectivity index (χ1n) is 6.96. The standard InChI is InChI=1S/C14H26N4O2/c1-12(2)20-8-6-18(3)14-16-10-13(11-17-14)9-15-5-7-19-4/h10-12,15H,5-9H2,1-4H3. The molecule has 0 saturated heterocycles. The molecule has 0 spiro atoms. The van der Waals surface area contributed by atoms with Gasteiger partial charge in [-0.3, -0.25) is 0 Å². The smallest absolute Gasteiger partial charge is 0.225 e. The minimum atomic E-state index is 0.255. The second kappa shape index (κ2) is 9.63. The fourth-order valence-electron chi connectivity index (χ4n) is 1.57. The molecular formula is C14H26N4O2. The maximum absolute atomic E-state index is 5.51. The van der Waals surface area contributed by atoms with Crippen molar-refractivity contribution in [2.45, 2.75) is 26.5 Å². The molecule has 0 unspecified atom stereocenters. The van der Waals surface area contributed by atoms with Crippen molar-refractivity contribution in [3.8, 4) is 0 Å². The third kappa shape index (κ3) is 6.79. The van der Waals surface area contributed by atoms with E-state index in [1.54, 1.807) is 7.11 Å². The molecule has 0 fully saturated rings. The third-order valence-corrected chi connectivity index (χ3v) is 2.72. The molecule has 0 aliphatic carbocycles. The molecule has 0 radical (unpaired) electrons. The summed E-state index contributed by atoms with van der Waals surface area (Å²) in [5, 5.41) is 3.26. The van der Waals surface area contributed by atoms with Gasteiger partial charge in [-0.05, 0) is 13.8 Å². The van der Waals surface area contributed by atoms with Crippen molar-refractivity contribution in [1.82, 2.24) is 15.3 Å². The molecular weight excluding hydrogens is 256 g/mol. The van der Waals surface area contributed by atoms with Gasteiger partial charge in [-0.1, -0.05) is 0 Å². The summed E-state index contributed by atoms with van der Waals surface area (Å²) in [4.78, 5) is 10.7. The monoisotopic (exact) mass is 282 g/mol. The van der Waals surface area contributed by atoms with Crippen molar-refractivity contribution in [1.29, 1.82) is 0 Å². The highest BCUT2D eigenvalue weighted by atomic mass is 16.5. The van der Waals surface area contributed by atoms with Gasteiger partial charge in [0.25, 0.3) is 0 Å². The zero-order valence-electron chi connectivity index (χ0n) is 12.9. The molecule has 0 amide bonds. The van der Waals surface area contributed by atoms with E-state index in [0.717, 1.165) is 31.1 Å². The molecule has 0 saturated carbocycles. The summed E-state index contributed by atoms with van der Waals surface area (Å²) < 4.78 is 10.5. The van der Waals surface area contributed by atoms with Crippen molar-refractivity contribution < 1.29 is 9.47 Å². The average molecular weight is 282 g/mol. The molecule has 1 heterocycles. The lowest BCUT2D eigenvalue weighted by atomic mass is 10.3. The van der Waals surface area contributed by atoms with Gasteiger partial charge in [0.15, 0.2) is 0 Å². The van der Waals surface area contributed by atoms with E-state index in [9.17, 15) is 0 Å². The zero-order valence-corrected chi connectivity index (χ0v) is 12.9. The Hall–Kier alpha value is -1.24. The molecule has 114 valence electrons. The zero-order chi connectivity index (χ0) is 14.8. The van der Waals surface area contributed by atoms with Gasteiger partial charge in [0, 0.05) is 51.7 Å². The maximum Gasteiger partial charge on any atom is 0.225 e. The van der Waals surface area contributed by atoms with Crippen LogP contribution in [0.2, 0.25) is 0 Å². The number of methoxy groups -OCH3 is 1. The Labute approximate surface area is 121 Å². The topological polar surface area (TPSA) is 59.5 Å². The summed E-state index contributed by atoms with van der Waals surface area (Å²) in [5.74, 6) is 0.720. The van der Waals surface area contributed by atoms with E-state index >= 15 is 0 Å². The largest absolute Gasteiger partial charge is 0.383 e. The lowest BCUT2D eigenvalue weighted by molar-refractivity contribution is 0.0844. The Morgan fingerprint density at radius 1 is 1.25 bits per heavy atom. The van der Waals surface area contributed by atoms with Gasteiger partial charge in [0.05, 0.1) is 19.3 Å². The number of nitrogens with zero attached hydrogens (tertiary/aromatic N) is 3. The SMILES string of the molecule is COCCNCc1cnc(N(C)CCOC(C)C)nc1. The summed E-state index contributed by atoms with van der Waals surface area (Å²) in [6.07, 6.45) is 3.95. The Balaban J connectivity index is 2.33. The Morgan fingerprint density at radius 3 is 2.55 bits per heavy atom. The number of nitrogens with one attached hydrogen (secondary N) is 1. The summed E-state index contributed by atoms with van der Waals surface area (Å²) in [6, 6.07) is 0. The van der Waals surface area contributed by atoms with Gasteiger partial charge in [-0.2, -0.15) is 0 Å². The molecule has 6 heteroatoms. The number of ether oxygens (including phenoxy) is 2. The predicted molar refractivity (Wildman–Crippen MR) is 80.0 cm³/mol. The van der Waals surface area contributed by atoms with Crippen LogP contribution in [0.5, 0.6) is 0 Å². The molecule has 1 rings (SSSR count). The highest BCUT2D eigenvalue weighted by Crippen LogP contribution is 2.05. The van der Waals surface area contributed by atoms with Crippen LogP contribution >= 0.6 is 0 Å². The van der Waals surface area contributed by atoms with Gasteiger partial charge in [0.2, 0.25) is 5.95 Å². The molecule has 20 heavy (non-hydrogen) atoms. The molecule has 1 aromatic heterocycles. The van der Waals surface area contributed by atoms with Crippen LogP contribution in [0, 0.1) is 0 Å². The highest BCUT2D eigenvalue weighted by molar-refractivity contribution is 5.28. The van der Waals surface area contributed by atoms with E-state index in [-0.39, 0.29) is 6.10 Å². The molecule has 0 bridgehead atoms. The summed E-state index contributed by atoms with van der Waals surface area (Å²) >= 11 is 0. The Bertz CT molecular complexity index is 357. The van der Waals surface area contributed by atoms with Crippen LogP contribution in [0.3, 0.4) is 0 Å². The van der Waals surface area contributed by atoms with Crippen molar-refractivity contribution in [3.05, 3.63) is 18.0 Å². The lowest BCUT2D eigenvalue weighted by Crippen LogP contribution is -2.26. The minimum absolute atomic E-state index is 0.255. The van der Waals surface area contributed by atoms with Crippen LogP contribution in [0.4, 0.5) is 5.95 Å². The fourth-order valence-corrected chi connectivity index (χ4v) is 1.57. The molecule has 0 aliphatic rings. The maximum atomic E-state index is 5.51. The lowest BCUT2D eigenvalue weighted by Gasteiger charge is -2.18. The molecule has 0 aliphatic heterocycles. The Morgan fingerprint density at radius 2 is 1.95 bits per heavy atom. The predicted octanol–water partition coefficient (Wildman–Crippen LogP) is 1.07. The number of likely N-dealkylation sites (N-methyl/N-ethyl adjacent to an activating group) is 1. The van der Waals surface area contributed by atoms with Crippen molar-refractivity contribution in [3.63, 3.8) is 0 Å². The molecule has 1 N–H and O–H groups in total. The van der Waals surface area contributed by atoms with Gasteiger partial charge in [-0.25, -0.2) is 9.97 Å². The van der Waals surface area contributed by atoms with Crippen LogP contribution in [-0.2, 0) is 16.0 Å². The third-order valence-electron chi connectivity index (χ3n) is 2.72. The molecule has 6 nitrogen and oxygen atoms in total. The highest BCUT2D eigenvalue weighted by Gasteiger charge is 2.04. The summed E-state index contributed by atoms with van der Waals surface area (Å²) in [7, 11) is 3.66. The number of hydrogen-bond donors (Lipinski definition) is 1. The van der Waals surface area contributed by atoms with Gasteiger partial charge >= 0.3 is 0 Å². The fraction of sp³-hybridized carbons (Fsp3) is 0.714. The van der Waals surface area contributed by atoms with Crippen molar-refractivity contribution >= 4 is 5.95 Å². The molecule has 0 aromatic carbocycles. The summed E-state index contributed by atoms with van der Waals surface area (Å²) in [5.41, 5.74) is 1.07. The van der Waals surface area contributed by atoms with E-state index in [0.29, 0.717) is 13.2 Å². The van der Waals surface area contributed by atoms with Gasteiger partial charge < -0.3 is 19.7 Å². The first-order valence-corrected chi connectivity index (χ1v) is 6.96. The van der Waals surface area contributed by atoms with E-state index in [1.807, 2.05) is 38.2 Å². The van der Waals surface area contributed by atoms with Gasteiger partial charge in [0.1, 0.15) is 0 Å². The van der Waals surface area contributed by atoms with Crippen LogP contribution in [0.15, 0.2) is 12.4 Å². The quantitative estimate of drug-likeness (QED) is 0.648. The normalized spacial score (nSPS) is 11.1. The molecule has 1 aromatic rings. The number of anilines is 1. The van der Waals surface area contributed by atoms with Crippen molar-refractivity contribution in [2.24, 2.45) is 0 Å². The summed E-state index contributed by atoms with van der Waals surface area (Å²) in [6.45, 7) is 7.80. The number of hydrogen-bond acceptors (Lipinski definition) is 6. The minimum Gasteiger partial charge on any atom is -0.383 e. The first kappa shape index (κ1) is 16.8. The number of aromatic nitrogens is 2. The van der Waals surface area contributed by atoms with E-state index in [4.69, 9.17) is 9.47 Å². The van der Waals surface area contributed by atoms with E-state index in [1.165, 1.54) is 0 Å². The van der Waals surface area contributed by atoms with Crippen LogP contribution in [-0.4, -0.2) is 56.5 Å². The van der Waals surface area contributed by atoms with Crippen LogP contribution in [0.1, 0.15) is 19.4 Å². The second-order valence-corrected chi connectivity index (χ2v) is 4.90. The van der Waals surface area contributed by atoms with E-state index in [2.05, 4.69) is 15.3 Å². The number of rotatable bonds is 10.